The molecule has 0 aliphatic rings. The van der Waals surface area contributed by atoms with Gasteiger partial charge in [-0.15, -0.1) is 0 Å². The van der Waals surface area contributed by atoms with E-state index in [9.17, 15) is 0 Å². The smallest absolute Gasteiger partial charge is 2.00 e. The van der Waals surface area contributed by atoms with Crippen molar-refractivity contribution in [1.29, 1.82) is 0 Å². The molecule has 0 fully saturated rings. The summed E-state index contributed by atoms with van der Waals surface area (Å²) in [5.74, 6) is 0. The largest absolute Gasteiger partial charge is 5.00 e. The first-order chi connectivity index (χ1) is 0. The molecule has 52 valence electrons. The van der Waals surface area contributed by atoms with Crippen LogP contribution < -0.4 is 0 Å². The van der Waals surface area contributed by atoms with E-state index in [4.69, 9.17) is 0 Å². The SMILES string of the molecule is [Bi+3].[Mo+4].[O-2].[O-2].[O-2].[O-2].[O-2].[O-2].[V+5]. The predicted octanol–water partition coefficient (Wildman–Crippen LogP) is -1.10. The molecule has 0 aliphatic heterocycles. The van der Waals surface area contributed by atoms with E-state index in [1.807, 2.05) is 0 Å². The minimum absolute atomic E-state index is 0. The molecular weight excluding hydrogens is 452 g/mol. The molecule has 0 amide bonds. The van der Waals surface area contributed by atoms with Crippen LogP contribution in [0.5, 0.6) is 0 Å². The van der Waals surface area contributed by atoms with Crippen LogP contribution in [-0.4, -0.2) is 26.2 Å². The Bertz CT molecular complexity index is 13.0. The Morgan fingerprint density at radius 1 is 0.444 bits per heavy atom. The Morgan fingerprint density at radius 3 is 0.444 bits per heavy atom. The van der Waals surface area contributed by atoms with Crippen LogP contribution >= 0.6 is 0 Å². The maximum atomic E-state index is 0. The second-order valence-electron chi connectivity index (χ2n) is 0. The van der Waals surface area contributed by atoms with Crippen LogP contribution in [0.3, 0.4) is 0 Å². The first-order valence-corrected chi connectivity index (χ1v) is 0. The van der Waals surface area contributed by atoms with Gasteiger partial charge in [-0.25, -0.2) is 0 Å². The van der Waals surface area contributed by atoms with Gasteiger partial charge >= 0.3 is 65.8 Å². The van der Waals surface area contributed by atoms with Crippen LogP contribution in [0.4, 0.5) is 0 Å². The van der Waals surface area contributed by atoms with E-state index in [0.29, 0.717) is 0 Å². The van der Waals surface area contributed by atoms with Crippen molar-refractivity contribution in [2.75, 3.05) is 0 Å². The summed E-state index contributed by atoms with van der Waals surface area (Å²) in [5, 5.41) is 0. The first kappa shape index (κ1) is 292. The molecular formula is BiMoO6V. The van der Waals surface area contributed by atoms with Gasteiger partial charge in [-0.2, -0.15) is 0 Å². The fourth-order valence-electron chi connectivity index (χ4n) is 0. The van der Waals surface area contributed by atoms with Gasteiger partial charge in [-0.3, -0.25) is 0 Å². The third-order valence-corrected chi connectivity index (χ3v) is 0. The molecule has 0 heterocycles. The molecule has 9 heavy (non-hydrogen) atoms. The molecule has 6 nitrogen and oxygen atoms in total. The molecule has 0 unspecified atom stereocenters. The van der Waals surface area contributed by atoms with E-state index in [1.54, 1.807) is 0 Å². The van der Waals surface area contributed by atoms with Gasteiger partial charge in [-0.05, 0) is 0 Å². The minimum Gasteiger partial charge on any atom is -2.00 e. The summed E-state index contributed by atoms with van der Waals surface area (Å²) in [6, 6.07) is 0. The summed E-state index contributed by atoms with van der Waals surface area (Å²) in [4.78, 5) is 0. The quantitative estimate of drug-likeness (QED) is 0.407. The van der Waals surface area contributed by atoms with Crippen molar-refractivity contribution >= 4 is 26.2 Å². The molecule has 9 heteroatoms. The first-order valence-electron chi connectivity index (χ1n) is 0. The van der Waals surface area contributed by atoms with Gasteiger partial charge < -0.3 is 32.9 Å². The van der Waals surface area contributed by atoms with E-state index >= 15 is 0 Å². The number of rotatable bonds is 0. The third kappa shape index (κ3) is 169. The topological polar surface area (TPSA) is 171 Å². The zero-order valence-corrected chi connectivity index (χ0v) is 10.6. The van der Waals surface area contributed by atoms with Gasteiger partial charge in [0.25, 0.3) is 0 Å². The standard InChI is InChI=1S/Bi.Mo.6O.V/q+3;+4;6*-2;+5. The van der Waals surface area contributed by atoms with Crippen LogP contribution in [0.1, 0.15) is 0 Å². The van der Waals surface area contributed by atoms with Crippen molar-refractivity contribution in [1.82, 2.24) is 0 Å². The molecule has 0 bridgehead atoms. The fourth-order valence-corrected chi connectivity index (χ4v) is 0. The molecule has 0 rings (SSSR count). The van der Waals surface area contributed by atoms with E-state index in [1.165, 1.54) is 0 Å². The maximum Gasteiger partial charge on any atom is 5.00 e. The normalized spacial score (nSPS) is 0. The van der Waals surface area contributed by atoms with E-state index in [2.05, 4.69) is 0 Å². The molecule has 0 aromatic rings. The molecule has 0 aromatic heterocycles. The second-order valence-corrected chi connectivity index (χ2v) is 0. The average molecular weight is 452 g/mol. The predicted molar refractivity (Wildman–Crippen MR) is 9.87 cm³/mol. The summed E-state index contributed by atoms with van der Waals surface area (Å²) in [7, 11) is 0. The Balaban J connectivity index is 0. The van der Waals surface area contributed by atoms with Crippen molar-refractivity contribution in [3.8, 4) is 0 Å². The molecule has 0 atom stereocenters. The van der Waals surface area contributed by atoms with Gasteiger partial charge in [0.05, 0.1) is 0 Å². The Hall–Kier alpha value is 1.92. The van der Waals surface area contributed by atoms with Gasteiger partial charge in [-0.1, -0.05) is 0 Å². The zero-order chi connectivity index (χ0) is 0. The van der Waals surface area contributed by atoms with Crippen molar-refractivity contribution in [2.45, 2.75) is 0 Å². The molecule has 0 aromatic carbocycles. The zero-order valence-electron chi connectivity index (χ0n) is 3.75. The molecule has 0 saturated carbocycles. The Kier molecular flexibility index (Phi) is 6980. The molecule has 2 radical (unpaired) electrons. The van der Waals surface area contributed by atoms with Crippen molar-refractivity contribution < 1.29 is 72.5 Å². The maximum absolute atomic E-state index is 0. The second kappa shape index (κ2) is 215. The van der Waals surface area contributed by atoms with E-state index in [0.717, 1.165) is 0 Å². The number of hydrogen-bond acceptors (Lipinski definition) is 0. The summed E-state index contributed by atoms with van der Waals surface area (Å²) in [6.07, 6.45) is 0. The minimum atomic E-state index is 0. The Morgan fingerprint density at radius 2 is 0.444 bits per heavy atom. The fraction of sp³-hybridized carbons (Fsp3) is 0. The van der Waals surface area contributed by atoms with Gasteiger partial charge in [0.2, 0.25) is 0 Å². The third-order valence-electron chi connectivity index (χ3n) is 0. The van der Waals surface area contributed by atoms with Crippen LogP contribution in [-0.2, 0) is 72.5 Å². The van der Waals surface area contributed by atoms with Crippen LogP contribution in [0.2, 0.25) is 0 Å². The molecule has 0 saturated heterocycles. The summed E-state index contributed by atoms with van der Waals surface area (Å²) < 4.78 is 0. The average Bonchev–Trinajstić information content (AvgIpc) is 0. The van der Waals surface area contributed by atoms with Crippen molar-refractivity contribution in [2.24, 2.45) is 0 Å². The Labute approximate surface area is 97.9 Å². The van der Waals surface area contributed by atoms with Gasteiger partial charge in [0.1, 0.15) is 0 Å². The van der Waals surface area contributed by atoms with Crippen molar-refractivity contribution in [3.05, 3.63) is 0 Å². The van der Waals surface area contributed by atoms with Gasteiger partial charge in [0, 0.05) is 0 Å². The van der Waals surface area contributed by atoms with Crippen LogP contribution in [0, 0.1) is 0 Å². The summed E-state index contributed by atoms with van der Waals surface area (Å²) in [6.45, 7) is 0. The number of hydrogen-bond donors (Lipinski definition) is 0. The molecule has 0 spiro atoms. The summed E-state index contributed by atoms with van der Waals surface area (Å²) >= 11 is 0. The molecule has 0 aliphatic carbocycles. The van der Waals surface area contributed by atoms with Gasteiger partial charge in [0.15, 0.2) is 0 Å². The van der Waals surface area contributed by atoms with E-state index in [-0.39, 0.29) is 98.7 Å². The molecule has 0 N–H and O–H groups in total. The van der Waals surface area contributed by atoms with Crippen LogP contribution in [0.15, 0.2) is 0 Å². The van der Waals surface area contributed by atoms with Crippen LogP contribution in [0.25, 0.3) is 0 Å². The summed E-state index contributed by atoms with van der Waals surface area (Å²) in [5.41, 5.74) is 0. The van der Waals surface area contributed by atoms with Crippen molar-refractivity contribution in [3.63, 3.8) is 0 Å². The monoisotopic (exact) mass is 454 g/mol. The van der Waals surface area contributed by atoms with E-state index < -0.39 is 0 Å².